The summed E-state index contributed by atoms with van der Waals surface area (Å²) in [5.41, 5.74) is 0. The van der Waals surface area contributed by atoms with Crippen molar-refractivity contribution >= 4 is 18.8 Å². The summed E-state index contributed by atoms with van der Waals surface area (Å²) >= 11 is 3.43. The Morgan fingerprint density at radius 1 is 2.00 bits per heavy atom. The van der Waals surface area contributed by atoms with Gasteiger partial charge < -0.3 is 5.11 Å². The van der Waals surface area contributed by atoms with Crippen LogP contribution in [0.2, 0.25) is 0 Å². The zero-order valence-corrected chi connectivity index (χ0v) is 3.90. The first kappa shape index (κ1) is 5.78. The molecule has 0 radical (unpaired) electrons. The second kappa shape index (κ2) is 2.99. The number of hydrogen-bond acceptors (Lipinski definition) is 3. The van der Waals surface area contributed by atoms with E-state index in [-0.39, 0.29) is 6.54 Å². The van der Waals surface area contributed by atoms with Crippen molar-refractivity contribution in [1.29, 1.82) is 0 Å². The van der Waals surface area contributed by atoms with Crippen LogP contribution in [0, 0.1) is 0 Å². The summed E-state index contributed by atoms with van der Waals surface area (Å²) in [5, 5.41) is 7.80. The van der Waals surface area contributed by atoms with Crippen LogP contribution in [0.4, 0.5) is 0 Å². The first-order valence-corrected chi connectivity index (χ1v) is 1.81. The fraction of sp³-hybridized carbons (Fsp3) is 0.500. The monoisotopic (exact) mass is 107 g/mol. The molecule has 0 unspecified atom stereocenters. The van der Waals surface area contributed by atoms with Crippen molar-refractivity contribution in [3.05, 3.63) is 0 Å². The molecule has 0 saturated carbocycles. The largest absolute Gasteiger partial charge is 0.480 e. The minimum Gasteiger partial charge on any atom is -0.480 e. The summed E-state index contributed by atoms with van der Waals surface area (Å²) in [4.78, 5) is 9.49. The van der Waals surface area contributed by atoms with Gasteiger partial charge in [-0.3, -0.25) is 9.52 Å². The van der Waals surface area contributed by atoms with Crippen molar-refractivity contribution in [1.82, 2.24) is 4.72 Å². The van der Waals surface area contributed by atoms with Gasteiger partial charge in [-0.15, -0.1) is 0 Å². The number of aliphatic carboxylic acids is 1. The minimum atomic E-state index is -0.898. The number of hydrogen-bond donors (Lipinski definition) is 3. The van der Waals surface area contributed by atoms with Crippen LogP contribution < -0.4 is 4.72 Å². The van der Waals surface area contributed by atoms with Gasteiger partial charge in [-0.1, -0.05) is 12.8 Å². The first-order chi connectivity index (χ1) is 2.77. The van der Waals surface area contributed by atoms with Crippen LogP contribution in [0.3, 0.4) is 0 Å². The Balaban J connectivity index is 2.83. The van der Waals surface area contributed by atoms with Crippen molar-refractivity contribution in [3.63, 3.8) is 0 Å². The van der Waals surface area contributed by atoms with Crippen molar-refractivity contribution in [2.24, 2.45) is 0 Å². The van der Waals surface area contributed by atoms with Gasteiger partial charge in [0.25, 0.3) is 0 Å². The van der Waals surface area contributed by atoms with Crippen LogP contribution in [0.5, 0.6) is 0 Å². The normalized spacial score (nSPS) is 8.17. The molecule has 0 rings (SSSR count). The molecule has 36 valence electrons. The van der Waals surface area contributed by atoms with E-state index in [1.54, 1.807) is 0 Å². The first-order valence-electron chi connectivity index (χ1n) is 1.36. The molecule has 4 heteroatoms. The van der Waals surface area contributed by atoms with E-state index in [9.17, 15) is 4.79 Å². The highest BCUT2D eigenvalue weighted by atomic mass is 32.1. The fourth-order valence-corrected chi connectivity index (χ4v) is 0.203. The van der Waals surface area contributed by atoms with Crippen LogP contribution in [-0.2, 0) is 4.79 Å². The Morgan fingerprint density at radius 2 is 2.50 bits per heavy atom. The Morgan fingerprint density at radius 3 is 2.50 bits per heavy atom. The Kier molecular flexibility index (Phi) is 2.88. The number of carboxylic acid groups (broad SMARTS) is 1. The maximum absolute atomic E-state index is 9.49. The smallest absolute Gasteiger partial charge is 0.318 e. The number of carboxylic acids is 1. The van der Waals surface area contributed by atoms with Gasteiger partial charge in [0.1, 0.15) is 6.54 Å². The molecule has 0 spiro atoms. The summed E-state index contributed by atoms with van der Waals surface area (Å²) in [5.74, 6) is -0.898. The van der Waals surface area contributed by atoms with Crippen molar-refractivity contribution < 1.29 is 9.90 Å². The lowest BCUT2D eigenvalue weighted by Gasteiger charge is -1.83. The molecule has 6 heavy (non-hydrogen) atoms. The molecule has 0 aliphatic heterocycles. The highest BCUT2D eigenvalue weighted by Crippen LogP contribution is 1.58. The number of thiol groups is 1. The van der Waals surface area contributed by atoms with Crippen molar-refractivity contribution in [2.45, 2.75) is 0 Å². The van der Waals surface area contributed by atoms with Gasteiger partial charge in [-0.05, 0) is 0 Å². The Hall–Kier alpha value is -0.220. The molecule has 0 aliphatic rings. The van der Waals surface area contributed by atoms with E-state index >= 15 is 0 Å². The third-order valence-corrected chi connectivity index (χ3v) is 0.388. The average Bonchev–Trinajstić information content (AvgIpc) is 1.35. The van der Waals surface area contributed by atoms with E-state index < -0.39 is 5.97 Å². The van der Waals surface area contributed by atoms with Crippen LogP contribution in [0.25, 0.3) is 0 Å². The van der Waals surface area contributed by atoms with Crippen molar-refractivity contribution in [2.75, 3.05) is 6.54 Å². The molecule has 2 N–H and O–H groups in total. The lowest BCUT2D eigenvalue weighted by molar-refractivity contribution is -0.135. The zero-order chi connectivity index (χ0) is 4.99. The van der Waals surface area contributed by atoms with E-state index in [4.69, 9.17) is 5.11 Å². The third-order valence-electron chi connectivity index (χ3n) is 0.230. The third kappa shape index (κ3) is 3.78. The molecule has 0 aliphatic carbocycles. The van der Waals surface area contributed by atoms with Gasteiger partial charge >= 0.3 is 5.97 Å². The van der Waals surface area contributed by atoms with E-state index in [2.05, 4.69) is 17.5 Å². The van der Waals surface area contributed by atoms with Gasteiger partial charge in [0.05, 0.1) is 0 Å². The van der Waals surface area contributed by atoms with Crippen LogP contribution in [0.15, 0.2) is 0 Å². The molecule has 0 aromatic rings. The molecular formula is C2H5NO2S. The number of carbonyl (C=O) groups is 1. The van der Waals surface area contributed by atoms with Crippen LogP contribution >= 0.6 is 12.8 Å². The Labute approximate surface area is 40.9 Å². The lowest BCUT2D eigenvalue weighted by atomic mass is 10.7. The summed E-state index contributed by atoms with van der Waals surface area (Å²) < 4.78 is 2.16. The topological polar surface area (TPSA) is 49.3 Å². The molecule has 0 saturated heterocycles. The maximum Gasteiger partial charge on any atom is 0.318 e. The standard InChI is InChI=1S/C2H5NO2S/c4-2(5)1-3-6/h3,6H,1H2,(H,4,5). The maximum atomic E-state index is 9.49. The minimum absolute atomic E-state index is 0.0941. The molecule has 0 aromatic heterocycles. The van der Waals surface area contributed by atoms with Crippen LogP contribution in [-0.4, -0.2) is 17.6 Å². The summed E-state index contributed by atoms with van der Waals surface area (Å²) in [6.45, 7) is -0.0941. The number of rotatable bonds is 2. The molecule has 3 nitrogen and oxygen atoms in total. The quantitative estimate of drug-likeness (QED) is 0.417. The molecule has 0 fully saturated rings. The summed E-state index contributed by atoms with van der Waals surface area (Å²) in [6.07, 6.45) is 0. The molecule has 0 amide bonds. The predicted molar refractivity (Wildman–Crippen MR) is 24.6 cm³/mol. The van der Waals surface area contributed by atoms with E-state index in [0.717, 1.165) is 0 Å². The molecule has 0 bridgehead atoms. The van der Waals surface area contributed by atoms with Crippen molar-refractivity contribution in [3.8, 4) is 0 Å². The highest BCUT2D eigenvalue weighted by molar-refractivity contribution is 7.78. The molecular weight excluding hydrogens is 102 g/mol. The molecule has 0 aromatic carbocycles. The highest BCUT2D eigenvalue weighted by Gasteiger charge is 1.86. The fourth-order valence-electron chi connectivity index (χ4n) is 0.0676. The van der Waals surface area contributed by atoms with E-state index in [0.29, 0.717) is 0 Å². The molecule has 0 heterocycles. The second-order valence-electron chi connectivity index (χ2n) is 0.729. The second-order valence-corrected chi connectivity index (χ2v) is 1.04. The van der Waals surface area contributed by atoms with Crippen LogP contribution in [0.1, 0.15) is 0 Å². The van der Waals surface area contributed by atoms with Gasteiger partial charge in [0.2, 0.25) is 0 Å². The van der Waals surface area contributed by atoms with Gasteiger partial charge in [0.15, 0.2) is 0 Å². The summed E-state index contributed by atoms with van der Waals surface area (Å²) in [6, 6.07) is 0. The average molecular weight is 107 g/mol. The Bertz CT molecular complexity index is 55.5. The van der Waals surface area contributed by atoms with Gasteiger partial charge in [-0.2, -0.15) is 0 Å². The van der Waals surface area contributed by atoms with Gasteiger partial charge in [-0.25, -0.2) is 0 Å². The lowest BCUT2D eigenvalue weighted by Crippen LogP contribution is -2.12. The predicted octanol–water partition coefficient (Wildman–Crippen LogP) is -0.495. The van der Waals surface area contributed by atoms with Gasteiger partial charge in [0, 0.05) is 0 Å². The van der Waals surface area contributed by atoms with E-state index in [1.165, 1.54) is 0 Å². The molecule has 0 atom stereocenters. The zero-order valence-electron chi connectivity index (χ0n) is 3.01. The van der Waals surface area contributed by atoms with E-state index in [1.807, 2.05) is 0 Å². The number of nitrogens with one attached hydrogen (secondary N) is 1. The SMILES string of the molecule is O=C(O)CNS. The summed E-state index contributed by atoms with van der Waals surface area (Å²) in [7, 11) is 0.